The predicted octanol–water partition coefficient (Wildman–Crippen LogP) is 1.57. The van der Waals surface area contributed by atoms with Crippen LogP contribution in [0.3, 0.4) is 0 Å². The van der Waals surface area contributed by atoms with E-state index in [9.17, 15) is 0 Å². The zero-order valence-electron chi connectivity index (χ0n) is 6.68. The van der Waals surface area contributed by atoms with Gasteiger partial charge in [-0.25, -0.2) is 4.98 Å². The standard InChI is InChI=1S/C7H9ClN2O.2ClH/c8-7-2-1-5(3-10-7)6(9)4-11;;/h1-3,6,11H,4,9H2;2*1H/t6-;;/m0../s1. The van der Waals surface area contributed by atoms with Crippen LogP contribution in [0.25, 0.3) is 0 Å². The van der Waals surface area contributed by atoms with Crippen molar-refractivity contribution in [2.75, 3.05) is 6.61 Å². The molecule has 0 bridgehead atoms. The molecule has 1 heterocycles. The van der Waals surface area contributed by atoms with Crippen molar-refractivity contribution in [3.63, 3.8) is 0 Å². The summed E-state index contributed by atoms with van der Waals surface area (Å²) in [7, 11) is 0. The van der Waals surface area contributed by atoms with Crippen molar-refractivity contribution in [3.8, 4) is 0 Å². The van der Waals surface area contributed by atoms with Gasteiger partial charge in [-0.15, -0.1) is 24.8 Å². The molecule has 1 aromatic heterocycles. The molecule has 1 atom stereocenters. The van der Waals surface area contributed by atoms with E-state index in [0.717, 1.165) is 5.56 Å². The molecule has 0 amide bonds. The van der Waals surface area contributed by atoms with E-state index >= 15 is 0 Å². The third-order valence-electron chi connectivity index (χ3n) is 1.38. The number of nitrogens with two attached hydrogens (primary N) is 1. The SMILES string of the molecule is Cl.Cl.N[C@@H](CO)c1ccc(Cl)nc1. The van der Waals surface area contributed by atoms with Gasteiger partial charge >= 0.3 is 0 Å². The molecule has 3 nitrogen and oxygen atoms in total. The number of aliphatic hydroxyl groups excluding tert-OH is 1. The Hall–Kier alpha value is -0.0600. The number of hydrogen-bond acceptors (Lipinski definition) is 3. The van der Waals surface area contributed by atoms with Crippen molar-refractivity contribution in [3.05, 3.63) is 29.0 Å². The van der Waals surface area contributed by atoms with Crippen molar-refractivity contribution in [2.45, 2.75) is 6.04 Å². The second kappa shape index (κ2) is 7.35. The van der Waals surface area contributed by atoms with Crippen LogP contribution in [0.5, 0.6) is 0 Å². The third kappa shape index (κ3) is 4.64. The predicted molar refractivity (Wildman–Crippen MR) is 57.8 cm³/mol. The molecule has 3 N–H and O–H groups in total. The Bertz CT molecular complexity index is 230. The maximum absolute atomic E-state index is 8.67. The number of rotatable bonds is 2. The second-order valence-corrected chi connectivity index (χ2v) is 2.59. The fraction of sp³-hybridized carbons (Fsp3) is 0.286. The van der Waals surface area contributed by atoms with E-state index in [2.05, 4.69) is 4.98 Å². The average Bonchev–Trinajstić information content (AvgIpc) is 2.05. The number of aliphatic hydroxyl groups is 1. The molecule has 13 heavy (non-hydrogen) atoms. The zero-order valence-corrected chi connectivity index (χ0v) is 9.07. The van der Waals surface area contributed by atoms with Gasteiger partial charge in [0, 0.05) is 6.20 Å². The van der Waals surface area contributed by atoms with Crippen LogP contribution in [0.4, 0.5) is 0 Å². The summed E-state index contributed by atoms with van der Waals surface area (Å²) in [5.74, 6) is 0. The van der Waals surface area contributed by atoms with Gasteiger partial charge < -0.3 is 10.8 Å². The van der Waals surface area contributed by atoms with Crippen LogP contribution in [0.1, 0.15) is 11.6 Å². The van der Waals surface area contributed by atoms with Crippen LogP contribution >= 0.6 is 36.4 Å². The van der Waals surface area contributed by atoms with Gasteiger partial charge in [0.1, 0.15) is 5.15 Å². The Labute approximate surface area is 94.1 Å². The first-order valence-electron chi connectivity index (χ1n) is 3.22. The first-order valence-corrected chi connectivity index (χ1v) is 3.59. The molecule has 0 aromatic carbocycles. The van der Waals surface area contributed by atoms with Gasteiger partial charge in [0.15, 0.2) is 0 Å². The van der Waals surface area contributed by atoms with E-state index in [-0.39, 0.29) is 37.5 Å². The molecule has 0 radical (unpaired) electrons. The molecule has 0 saturated heterocycles. The molecule has 0 fully saturated rings. The summed E-state index contributed by atoms with van der Waals surface area (Å²) in [6.07, 6.45) is 1.56. The largest absolute Gasteiger partial charge is 0.394 e. The topological polar surface area (TPSA) is 59.1 Å². The summed E-state index contributed by atoms with van der Waals surface area (Å²) in [4.78, 5) is 3.82. The lowest BCUT2D eigenvalue weighted by Crippen LogP contribution is -2.14. The van der Waals surface area contributed by atoms with E-state index in [1.807, 2.05) is 0 Å². The maximum Gasteiger partial charge on any atom is 0.129 e. The Morgan fingerprint density at radius 2 is 2.08 bits per heavy atom. The molecule has 6 heteroatoms. The number of halogens is 3. The van der Waals surface area contributed by atoms with E-state index in [1.54, 1.807) is 18.3 Å². The molecule has 0 aliphatic carbocycles. The van der Waals surface area contributed by atoms with Crippen molar-refractivity contribution in [1.29, 1.82) is 0 Å². The van der Waals surface area contributed by atoms with Crippen LogP contribution in [0.15, 0.2) is 18.3 Å². The molecular formula is C7H11Cl3N2O. The lowest BCUT2D eigenvalue weighted by atomic mass is 10.1. The summed E-state index contributed by atoms with van der Waals surface area (Å²) in [5, 5.41) is 9.10. The molecule has 76 valence electrons. The lowest BCUT2D eigenvalue weighted by molar-refractivity contribution is 0.268. The molecule has 0 aliphatic rings. The average molecular weight is 246 g/mol. The molecule has 1 rings (SSSR count). The molecule has 0 saturated carbocycles. The molecule has 0 spiro atoms. The summed E-state index contributed by atoms with van der Waals surface area (Å²) in [6, 6.07) is 3.03. The number of hydrogen-bond donors (Lipinski definition) is 2. The lowest BCUT2D eigenvalue weighted by Gasteiger charge is -2.06. The summed E-state index contributed by atoms with van der Waals surface area (Å²) in [5.41, 5.74) is 6.30. The Kier molecular flexibility index (Phi) is 8.72. The van der Waals surface area contributed by atoms with Crippen molar-refractivity contribution in [1.82, 2.24) is 4.98 Å². The van der Waals surface area contributed by atoms with Gasteiger partial charge in [-0.1, -0.05) is 17.7 Å². The first kappa shape index (κ1) is 15.4. The third-order valence-corrected chi connectivity index (χ3v) is 1.60. The van der Waals surface area contributed by atoms with E-state index < -0.39 is 0 Å². The maximum atomic E-state index is 8.67. The van der Waals surface area contributed by atoms with E-state index in [0.29, 0.717) is 5.15 Å². The van der Waals surface area contributed by atoms with Gasteiger partial charge in [-0.2, -0.15) is 0 Å². The minimum atomic E-state index is -0.361. The van der Waals surface area contributed by atoms with Gasteiger partial charge in [-0.3, -0.25) is 0 Å². The smallest absolute Gasteiger partial charge is 0.129 e. The van der Waals surface area contributed by atoms with E-state index in [1.165, 1.54) is 0 Å². The van der Waals surface area contributed by atoms with E-state index in [4.69, 9.17) is 22.4 Å². The van der Waals surface area contributed by atoms with Crippen LogP contribution in [0.2, 0.25) is 5.15 Å². The minimum Gasteiger partial charge on any atom is -0.394 e. The van der Waals surface area contributed by atoms with Crippen molar-refractivity contribution in [2.24, 2.45) is 5.73 Å². The highest BCUT2D eigenvalue weighted by Gasteiger charge is 2.02. The quantitative estimate of drug-likeness (QED) is 0.778. The number of nitrogens with zero attached hydrogens (tertiary/aromatic N) is 1. The van der Waals surface area contributed by atoms with Gasteiger partial charge in [0.25, 0.3) is 0 Å². The summed E-state index contributed by atoms with van der Waals surface area (Å²) >= 11 is 5.55. The van der Waals surface area contributed by atoms with Gasteiger partial charge in [0.05, 0.1) is 12.6 Å². The summed E-state index contributed by atoms with van der Waals surface area (Å²) in [6.45, 7) is -0.0800. The van der Waals surface area contributed by atoms with Crippen LogP contribution in [-0.4, -0.2) is 16.7 Å². The van der Waals surface area contributed by atoms with Gasteiger partial charge in [0.2, 0.25) is 0 Å². The summed E-state index contributed by atoms with van der Waals surface area (Å²) < 4.78 is 0. The van der Waals surface area contributed by atoms with Crippen LogP contribution < -0.4 is 5.73 Å². The Morgan fingerprint density at radius 3 is 2.46 bits per heavy atom. The molecule has 1 aromatic rings. The van der Waals surface area contributed by atoms with Crippen LogP contribution in [0, 0.1) is 0 Å². The molecular weight excluding hydrogens is 234 g/mol. The molecule has 0 aliphatic heterocycles. The monoisotopic (exact) mass is 244 g/mol. The van der Waals surface area contributed by atoms with Crippen LogP contribution in [-0.2, 0) is 0 Å². The number of pyridine rings is 1. The number of aromatic nitrogens is 1. The highest BCUT2D eigenvalue weighted by atomic mass is 35.5. The molecule has 0 unspecified atom stereocenters. The van der Waals surface area contributed by atoms with Gasteiger partial charge in [-0.05, 0) is 11.6 Å². The fourth-order valence-electron chi connectivity index (χ4n) is 0.712. The Balaban J connectivity index is 0. The van der Waals surface area contributed by atoms with Crippen molar-refractivity contribution < 1.29 is 5.11 Å². The second-order valence-electron chi connectivity index (χ2n) is 2.20. The first-order chi connectivity index (χ1) is 5.24. The highest BCUT2D eigenvalue weighted by molar-refractivity contribution is 6.29. The van der Waals surface area contributed by atoms with Crippen molar-refractivity contribution >= 4 is 36.4 Å². The fourth-order valence-corrected chi connectivity index (χ4v) is 0.824. The zero-order chi connectivity index (χ0) is 8.27. The minimum absolute atomic E-state index is 0. The highest BCUT2D eigenvalue weighted by Crippen LogP contribution is 2.10. The normalized spacial score (nSPS) is 11.0. The Morgan fingerprint density at radius 1 is 1.46 bits per heavy atom.